The third kappa shape index (κ3) is 4.98. The molecule has 3 aromatic rings. The number of hydrogen-bond donors (Lipinski definition) is 1. The van der Waals surface area contributed by atoms with Gasteiger partial charge in [-0.05, 0) is 66.2 Å². The maximum atomic E-state index is 11.1. The third-order valence-corrected chi connectivity index (χ3v) is 6.79. The van der Waals surface area contributed by atoms with Gasteiger partial charge in [0.2, 0.25) is 0 Å². The van der Waals surface area contributed by atoms with Gasteiger partial charge in [0, 0.05) is 18.5 Å². The Labute approximate surface area is 195 Å². The van der Waals surface area contributed by atoms with Crippen LogP contribution in [-0.2, 0) is 17.8 Å². The molecule has 174 valence electrons. The van der Waals surface area contributed by atoms with Crippen LogP contribution in [0, 0.1) is 5.92 Å². The number of likely N-dealkylation sites (tertiary alicyclic amines) is 1. The molecule has 0 amide bonds. The quantitative estimate of drug-likeness (QED) is 0.475. The van der Waals surface area contributed by atoms with E-state index in [1.165, 1.54) is 12.8 Å². The number of ether oxygens (including phenoxy) is 2. The molecule has 0 aliphatic carbocycles. The van der Waals surface area contributed by atoms with E-state index in [0.717, 1.165) is 70.1 Å². The molecular weight excluding hydrogens is 414 g/mol. The summed E-state index contributed by atoms with van der Waals surface area (Å²) in [4.78, 5) is 13.6. The first-order valence-corrected chi connectivity index (χ1v) is 11.7. The summed E-state index contributed by atoms with van der Waals surface area (Å²) in [5.41, 5.74) is 4.17. The number of aryl methyl sites for hydroxylation is 1. The Morgan fingerprint density at radius 2 is 1.70 bits per heavy atom. The lowest BCUT2D eigenvalue weighted by Crippen LogP contribution is -2.32. The number of rotatable bonds is 8. The van der Waals surface area contributed by atoms with Crippen molar-refractivity contribution in [3.05, 3.63) is 59.7 Å². The van der Waals surface area contributed by atoms with Gasteiger partial charge in [-0.3, -0.25) is 9.69 Å². The summed E-state index contributed by atoms with van der Waals surface area (Å²) in [7, 11) is 3.41. The molecule has 3 aromatic carbocycles. The number of nitrogens with zero attached hydrogens (tertiary/aromatic N) is 1. The molecule has 4 rings (SSSR count). The Kier molecular flexibility index (Phi) is 7.19. The Morgan fingerprint density at radius 1 is 0.970 bits per heavy atom. The molecule has 0 radical (unpaired) electrons. The van der Waals surface area contributed by atoms with Crippen LogP contribution in [0.15, 0.2) is 48.5 Å². The van der Waals surface area contributed by atoms with Crippen molar-refractivity contribution < 1.29 is 19.4 Å². The van der Waals surface area contributed by atoms with Crippen LogP contribution in [0.3, 0.4) is 0 Å². The highest BCUT2D eigenvalue weighted by atomic mass is 16.5. The standard InChI is InChI=1S/C28H33NO4/c1-19-14-16-29(17-15-19)18-21-10-12-25(32-2)27(28(21)33-3)24-9-5-7-22-20(11-13-26(30)31)6-4-8-23(22)24/h4-10,12,19H,11,13-18H2,1-3H3,(H,30,31). The highest BCUT2D eigenvalue weighted by Gasteiger charge is 2.22. The average molecular weight is 448 g/mol. The number of benzene rings is 3. The second kappa shape index (κ2) is 10.3. The van der Waals surface area contributed by atoms with Gasteiger partial charge in [0.1, 0.15) is 11.5 Å². The summed E-state index contributed by atoms with van der Waals surface area (Å²) in [6, 6.07) is 16.4. The molecule has 0 atom stereocenters. The first-order chi connectivity index (χ1) is 16.0. The Balaban J connectivity index is 1.80. The number of hydrogen-bond acceptors (Lipinski definition) is 4. The van der Waals surface area contributed by atoms with Crippen LogP contribution in [0.2, 0.25) is 0 Å². The Morgan fingerprint density at radius 3 is 2.39 bits per heavy atom. The van der Waals surface area contributed by atoms with Crippen molar-refractivity contribution >= 4 is 16.7 Å². The number of piperidine rings is 1. The lowest BCUT2D eigenvalue weighted by Gasteiger charge is -2.31. The summed E-state index contributed by atoms with van der Waals surface area (Å²) in [5.74, 6) is 1.62. The third-order valence-electron chi connectivity index (χ3n) is 6.79. The van der Waals surface area contributed by atoms with Crippen molar-refractivity contribution in [1.82, 2.24) is 4.90 Å². The fraction of sp³-hybridized carbons (Fsp3) is 0.393. The van der Waals surface area contributed by atoms with E-state index >= 15 is 0 Å². The molecule has 1 fully saturated rings. The molecule has 0 saturated carbocycles. The molecule has 0 bridgehead atoms. The molecule has 5 nitrogen and oxygen atoms in total. The fourth-order valence-corrected chi connectivity index (χ4v) is 4.90. The van der Waals surface area contributed by atoms with Gasteiger partial charge in [0.15, 0.2) is 0 Å². The zero-order valence-electron chi connectivity index (χ0n) is 19.8. The Bertz CT molecular complexity index is 1130. The van der Waals surface area contributed by atoms with E-state index < -0.39 is 5.97 Å². The van der Waals surface area contributed by atoms with Crippen molar-refractivity contribution in [2.45, 2.75) is 39.2 Å². The molecule has 1 aliphatic rings. The number of carboxylic acid groups (broad SMARTS) is 1. The van der Waals surface area contributed by atoms with Crippen LogP contribution in [0.1, 0.15) is 37.3 Å². The zero-order chi connectivity index (χ0) is 23.4. The molecule has 33 heavy (non-hydrogen) atoms. The molecule has 0 aromatic heterocycles. The van der Waals surface area contributed by atoms with Gasteiger partial charge in [-0.1, -0.05) is 49.4 Å². The topological polar surface area (TPSA) is 59.0 Å². The van der Waals surface area contributed by atoms with Crippen molar-refractivity contribution in [1.29, 1.82) is 0 Å². The van der Waals surface area contributed by atoms with E-state index in [0.29, 0.717) is 6.42 Å². The van der Waals surface area contributed by atoms with Gasteiger partial charge in [0.05, 0.1) is 19.8 Å². The average Bonchev–Trinajstić information content (AvgIpc) is 2.83. The minimum absolute atomic E-state index is 0.111. The number of aliphatic carboxylic acids is 1. The van der Waals surface area contributed by atoms with Crippen LogP contribution in [0.25, 0.3) is 21.9 Å². The van der Waals surface area contributed by atoms with Crippen LogP contribution in [0.4, 0.5) is 0 Å². The highest BCUT2D eigenvalue weighted by molar-refractivity contribution is 6.01. The van der Waals surface area contributed by atoms with Gasteiger partial charge in [0.25, 0.3) is 0 Å². The first-order valence-electron chi connectivity index (χ1n) is 11.7. The van der Waals surface area contributed by atoms with Crippen LogP contribution in [-0.4, -0.2) is 43.3 Å². The van der Waals surface area contributed by atoms with Crippen molar-refractivity contribution in [3.63, 3.8) is 0 Å². The predicted octanol–water partition coefficient (Wildman–Crippen LogP) is 5.77. The van der Waals surface area contributed by atoms with Gasteiger partial charge in [-0.25, -0.2) is 0 Å². The van der Waals surface area contributed by atoms with Crippen molar-refractivity contribution in [2.75, 3.05) is 27.3 Å². The summed E-state index contributed by atoms with van der Waals surface area (Å²) >= 11 is 0. The first kappa shape index (κ1) is 23.1. The summed E-state index contributed by atoms with van der Waals surface area (Å²) in [6.07, 6.45) is 3.07. The van der Waals surface area contributed by atoms with Crippen LogP contribution in [0.5, 0.6) is 11.5 Å². The number of carbonyl (C=O) groups is 1. The smallest absolute Gasteiger partial charge is 0.303 e. The van der Waals surface area contributed by atoms with E-state index in [4.69, 9.17) is 14.6 Å². The number of methoxy groups -OCH3 is 2. The summed E-state index contributed by atoms with van der Waals surface area (Å²) in [6.45, 7) is 5.38. The van der Waals surface area contributed by atoms with E-state index in [-0.39, 0.29) is 6.42 Å². The van der Waals surface area contributed by atoms with Crippen molar-refractivity contribution in [3.8, 4) is 22.6 Å². The minimum Gasteiger partial charge on any atom is -0.496 e. The normalized spacial score (nSPS) is 15.0. The molecule has 0 unspecified atom stereocenters. The number of fused-ring (bicyclic) bond motifs is 1. The van der Waals surface area contributed by atoms with Crippen LogP contribution < -0.4 is 9.47 Å². The molecule has 5 heteroatoms. The maximum absolute atomic E-state index is 11.1. The molecule has 1 N–H and O–H groups in total. The second-order valence-electron chi connectivity index (χ2n) is 9.01. The second-order valence-corrected chi connectivity index (χ2v) is 9.01. The van der Waals surface area contributed by atoms with E-state index in [1.807, 2.05) is 24.3 Å². The minimum atomic E-state index is -0.786. The van der Waals surface area contributed by atoms with Crippen LogP contribution >= 0.6 is 0 Å². The van der Waals surface area contributed by atoms with Gasteiger partial charge < -0.3 is 14.6 Å². The fourth-order valence-electron chi connectivity index (χ4n) is 4.90. The monoisotopic (exact) mass is 447 g/mol. The van der Waals surface area contributed by atoms with Crippen molar-refractivity contribution in [2.24, 2.45) is 5.92 Å². The van der Waals surface area contributed by atoms with E-state index in [2.05, 4.69) is 36.1 Å². The van der Waals surface area contributed by atoms with E-state index in [1.54, 1.807) is 14.2 Å². The lowest BCUT2D eigenvalue weighted by atomic mass is 9.92. The van der Waals surface area contributed by atoms with E-state index in [9.17, 15) is 4.79 Å². The van der Waals surface area contributed by atoms with Gasteiger partial charge in [-0.2, -0.15) is 0 Å². The summed E-state index contributed by atoms with van der Waals surface area (Å²) < 4.78 is 11.8. The Hall–Kier alpha value is -3.05. The predicted molar refractivity (Wildman–Crippen MR) is 132 cm³/mol. The highest BCUT2D eigenvalue weighted by Crippen LogP contribution is 2.44. The van der Waals surface area contributed by atoms with Gasteiger partial charge >= 0.3 is 5.97 Å². The molecular formula is C28H33NO4. The van der Waals surface area contributed by atoms with Gasteiger partial charge in [-0.15, -0.1) is 0 Å². The molecule has 0 spiro atoms. The lowest BCUT2D eigenvalue weighted by molar-refractivity contribution is -0.136. The molecule has 1 heterocycles. The SMILES string of the molecule is COc1ccc(CN2CCC(C)CC2)c(OC)c1-c1cccc2c(CCC(=O)O)cccc12. The maximum Gasteiger partial charge on any atom is 0.303 e. The molecule has 1 aliphatic heterocycles. The zero-order valence-corrected chi connectivity index (χ0v) is 19.8. The number of carboxylic acids is 1. The summed E-state index contributed by atoms with van der Waals surface area (Å²) in [5, 5.41) is 11.3. The molecule has 1 saturated heterocycles. The largest absolute Gasteiger partial charge is 0.496 e.